The summed E-state index contributed by atoms with van der Waals surface area (Å²) in [4.78, 5) is 17.3. The number of nitrogens with zero attached hydrogens (tertiary/aromatic N) is 4. The second-order valence-electron chi connectivity index (χ2n) is 9.84. The van der Waals surface area contributed by atoms with E-state index < -0.39 is 0 Å². The summed E-state index contributed by atoms with van der Waals surface area (Å²) in [7, 11) is 0. The van der Waals surface area contributed by atoms with Gasteiger partial charge in [0.2, 0.25) is 5.95 Å². The van der Waals surface area contributed by atoms with Crippen LogP contribution < -0.4 is 10.2 Å². The lowest BCUT2D eigenvalue weighted by atomic mass is 10.00. The molecule has 1 aliphatic heterocycles. The van der Waals surface area contributed by atoms with Gasteiger partial charge < -0.3 is 5.32 Å². The van der Waals surface area contributed by atoms with Crippen molar-refractivity contribution in [2.45, 2.75) is 0 Å². The van der Waals surface area contributed by atoms with E-state index in [0.29, 0.717) is 17.6 Å². The van der Waals surface area contributed by atoms with Crippen LogP contribution in [0.25, 0.3) is 44.3 Å². The summed E-state index contributed by atoms with van der Waals surface area (Å²) >= 11 is 0. The topological polar surface area (TPSA) is 53.9 Å². The quantitative estimate of drug-likeness (QED) is 0.255. The number of benzene rings is 6. The summed E-state index contributed by atoms with van der Waals surface area (Å²) in [5.74, 6) is 1.84. The SMILES string of the molecule is c1ccc(-c2nc(-c3ccccc3)nc(N3c4ccc5ccccc5c4Nc4ccc5ccccc5c43)n2)cc1. The maximum absolute atomic E-state index is 5.11. The minimum absolute atomic E-state index is 0.573. The fourth-order valence-corrected chi connectivity index (χ4v) is 5.53. The lowest BCUT2D eigenvalue weighted by Crippen LogP contribution is -2.21. The highest BCUT2D eigenvalue weighted by atomic mass is 15.3. The molecular weight excluding hydrogens is 490 g/mol. The first-order valence-electron chi connectivity index (χ1n) is 13.3. The Labute approximate surface area is 231 Å². The molecule has 8 rings (SSSR count). The molecule has 7 aromatic rings. The van der Waals surface area contributed by atoms with E-state index in [-0.39, 0.29) is 0 Å². The summed E-state index contributed by atoms with van der Waals surface area (Å²) in [6, 6.07) is 45.7. The van der Waals surface area contributed by atoms with Gasteiger partial charge in [-0.05, 0) is 22.9 Å². The highest BCUT2D eigenvalue weighted by molar-refractivity contribution is 6.14. The third-order valence-electron chi connectivity index (χ3n) is 7.42. The van der Waals surface area contributed by atoms with Crippen molar-refractivity contribution in [3.8, 4) is 22.8 Å². The van der Waals surface area contributed by atoms with Crippen LogP contribution in [0.3, 0.4) is 0 Å². The smallest absolute Gasteiger partial charge is 0.238 e. The van der Waals surface area contributed by atoms with Gasteiger partial charge in [-0.15, -0.1) is 0 Å². The van der Waals surface area contributed by atoms with E-state index in [1.807, 2.05) is 60.7 Å². The Morgan fingerprint density at radius 1 is 0.475 bits per heavy atom. The number of fused-ring (bicyclic) bond motifs is 6. The van der Waals surface area contributed by atoms with Crippen LogP contribution in [-0.2, 0) is 0 Å². The molecule has 0 atom stereocenters. The van der Waals surface area contributed by atoms with E-state index in [2.05, 4.69) is 83.0 Å². The monoisotopic (exact) mass is 513 g/mol. The largest absolute Gasteiger partial charge is 0.352 e. The Morgan fingerprint density at radius 3 is 1.70 bits per heavy atom. The predicted octanol–water partition coefficient (Wildman–Crippen LogP) is 9.04. The Morgan fingerprint density at radius 2 is 1.02 bits per heavy atom. The zero-order valence-corrected chi connectivity index (χ0v) is 21.5. The van der Waals surface area contributed by atoms with Gasteiger partial charge in [0.25, 0.3) is 0 Å². The molecule has 188 valence electrons. The van der Waals surface area contributed by atoms with Crippen LogP contribution in [0.5, 0.6) is 0 Å². The van der Waals surface area contributed by atoms with E-state index in [1.54, 1.807) is 0 Å². The maximum atomic E-state index is 5.11. The van der Waals surface area contributed by atoms with Crippen molar-refractivity contribution in [2.75, 3.05) is 10.2 Å². The average Bonchev–Trinajstić information content (AvgIpc) is 3.04. The molecule has 0 radical (unpaired) electrons. The molecule has 0 bridgehead atoms. The molecule has 0 saturated carbocycles. The highest BCUT2D eigenvalue weighted by Gasteiger charge is 2.30. The summed E-state index contributed by atoms with van der Waals surface area (Å²) < 4.78 is 0. The van der Waals surface area contributed by atoms with Crippen molar-refractivity contribution in [3.63, 3.8) is 0 Å². The molecule has 1 aliphatic rings. The Bertz CT molecular complexity index is 1980. The van der Waals surface area contributed by atoms with E-state index in [4.69, 9.17) is 15.0 Å². The van der Waals surface area contributed by atoms with Gasteiger partial charge >= 0.3 is 0 Å². The van der Waals surface area contributed by atoms with Crippen LogP contribution in [0, 0.1) is 0 Å². The van der Waals surface area contributed by atoms with Gasteiger partial charge in [0.05, 0.1) is 22.7 Å². The van der Waals surface area contributed by atoms with Crippen molar-refractivity contribution >= 4 is 50.2 Å². The van der Waals surface area contributed by atoms with Gasteiger partial charge in [-0.25, -0.2) is 4.98 Å². The van der Waals surface area contributed by atoms with Gasteiger partial charge in [0.15, 0.2) is 11.6 Å². The molecule has 40 heavy (non-hydrogen) atoms. The fourth-order valence-electron chi connectivity index (χ4n) is 5.53. The molecular formula is C35H23N5. The first kappa shape index (κ1) is 22.4. The van der Waals surface area contributed by atoms with Crippen LogP contribution in [0.2, 0.25) is 0 Å². The van der Waals surface area contributed by atoms with Crippen LogP contribution in [-0.4, -0.2) is 15.0 Å². The fraction of sp³-hybridized carbons (Fsp3) is 0. The van der Waals surface area contributed by atoms with Crippen LogP contribution >= 0.6 is 0 Å². The van der Waals surface area contributed by atoms with Crippen molar-refractivity contribution in [2.24, 2.45) is 0 Å². The number of aromatic nitrogens is 3. The van der Waals surface area contributed by atoms with E-state index in [1.165, 1.54) is 5.39 Å². The first-order chi connectivity index (χ1) is 19.8. The molecule has 5 nitrogen and oxygen atoms in total. The minimum Gasteiger partial charge on any atom is -0.352 e. The second kappa shape index (κ2) is 9.03. The standard InChI is InChI=1S/C35H23N5/c1-3-13-25(14-4-1)33-37-34(26-15-5-2-6-16-26)39-35(38-33)40-30-22-20-23-11-7-9-17-27(23)31(30)36-29-21-19-24-12-8-10-18-28(24)32(29)40/h1-22,36H. The number of hydrogen-bond acceptors (Lipinski definition) is 5. The normalized spacial score (nSPS) is 12.2. The summed E-state index contributed by atoms with van der Waals surface area (Å²) in [5.41, 5.74) is 5.93. The molecule has 0 spiro atoms. The molecule has 0 saturated heterocycles. The maximum Gasteiger partial charge on any atom is 0.238 e. The Balaban J connectivity index is 1.46. The summed E-state index contributed by atoms with van der Waals surface area (Å²) in [5, 5.41) is 8.34. The van der Waals surface area contributed by atoms with Crippen molar-refractivity contribution < 1.29 is 0 Å². The Hall–Kier alpha value is -5.55. The predicted molar refractivity (Wildman–Crippen MR) is 164 cm³/mol. The minimum atomic E-state index is 0.573. The highest BCUT2D eigenvalue weighted by Crippen LogP contribution is 2.52. The molecule has 1 N–H and O–H groups in total. The summed E-state index contributed by atoms with van der Waals surface area (Å²) in [6.07, 6.45) is 0. The van der Waals surface area contributed by atoms with Gasteiger partial charge in [0, 0.05) is 21.9 Å². The lowest BCUT2D eigenvalue weighted by molar-refractivity contribution is 1.02. The summed E-state index contributed by atoms with van der Waals surface area (Å²) in [6.45, 7) is 0. The van der Waals surface area contributed by atoms with Gasteiger partial charge in [-0.2, -0.15) is 9.97 Å². The van der Waals surface area contributed by atoms with Gasteiger partial charge in [0.1, 0.15) is 0 Å². The molecule has 0 aliphatic carbocycles. The number of hydrogen-bond donors (Lipinski definition) is 1. The lowest BCUT2D eigenvalue weighted by Gasteiger charge is -2.34. The molecule has 0 fully saturated rings. The van der Waals surface area contributed by atoms with E-state index >= 15 is 0 Å². The van der Waals surface area contributed by atoms with Crippen LogP contribution in [0.1, 0.15) is 0 Å². The number of anilines is 5. The molecule has 6 aromatic carbocycles. The van der Waals surface area contributed by atoms with Gasteiger partial charge in [-0.1, -0.05) is 121 Å². The third kappa shape index (κ3) is 3.60. The number of rotatable bonds is 3. The first-order valence-corrected chi connectivity index (χ1v) is 13.3. The van der Waals surface area contributed by atoms with Crippen LogP contribution in [0.15, 0.2) is 133 Å². The van der Waals surface area contributed by atoms with Crippen LogP contribution in [0.4, 0.5) is 28.7 Å². The van der Waals surface area contributed by atoms with E-state index in [9.17, 15) is 0 Å². The van der Waals surface area contributed by atoms with Crippen molar-refractivity contribution in [3.05, 3.63) is 133 Å². The molecule has 5 heteroatoms. The van der Waals surface area contributed by atoms with Gasteiger partial charge in [-0.3, -0.25) is 4.90 Å². The second-order valence-corrected chi connectivity index (χ2v) is 9.84. The molecule has 0 amide bonds. The zero-order valence-electron chi connectivity index (χ0n) is 21.5. The zero-order chi connectivity index (χ0) is 26.5. The van der Waals surface area contributed by atoms with E-state index in [0.717, 1.165) is 50.0 Å². The van der Waals surface area contributed by atoms with Crippen molar-refractivity contribution in [1.82, 2.24) is 15.0 Å². The average molecular weight is 514 g/mol. The molecule has 2 heterocycles. The Kier molecular flexibility index (Phi) is 5.07. The third-order valence-corrected chi connectivity index (χ3v) is 7.42. The number of nitrogens with one attached hydrogen (secondary N) is 1. The molecule has 0 unspecified atom stereocenters. The van der Waals surface area contributed by atoms with Crippen molar-refractivity contribution in [1.29, 1.82) is 0 Å². The molecule has 1 aromatic heterocycles.